The molecule has 0 saturated carbocycles. The topological polar surface area (TPSA) is 24.9 Å². The van der Waals surface area contributed by atoms with Crippen molar-refractivity contribution in [2.24, 2.45) is 0 Å². The van der Waals surface area contributed by atoms with Crippen LogP contribution in [0.15, 0.2) is 34.2 Å². The van der Waals surface area contributed by atoms with Crippen LogP contribution in [0.5, 0.6) is 0 Å². The number of anilines is 1. The van der Waals surface area contributed by atoms with Crippen LogP contribution < -0.4 is 5.32 Å². The largest absolute Gasteiger partial charge is 0.380 e. The summed E-state index contributed by atoms with van der Waals surface area (Å²) in [6.45, 7) is 0.802. The van der Waals surface area contributed by atoms with Gasteiger partial charge in [-0.1, -0.05) is 11.6 Å². The Labute approximate surface area is 105 Å². The van der Waals surface area contributed by atoms with Gasteiger partial charge in [0.05, 0.1) is 0 Å². The maximum atomic E-state index is 5.77. The van der Waals surface area contributed by atoms with Crippen molar-refractivity contribution in [1.29, 1.82) is 0 Å². The van der Waals surface area contributed by atoms with Gasteiger partial charge in [0.2, 0.25) is 0 Å². The minimum absolute atomic E-state index is 0.507. The van der Waals surface area contributed by atoms with Crippen LogP contribution in [0, 0.1) is 0 Å². The molecular weight excluding hydrogens is 296 g/mol. The number of hydrogen-bond acceptors (Lipinski definition) is 3. The van der Waals surface area contributed by atoms with Crippen molar-refractivity contribution in [3.05, 3.63) is 44.3 Å². The normalized spacial score (nSPS) is 10.3. The summed E-state index contributed by atoms with van der Waals surface area (Å²) >= 11 is 10.9. The summed E-state index contributed by atoms with van der Waals surface area (Å²) in [5.74, 6) is 0. The highest BCUT2D eigenvalue weighted by Crippen LogP contribution is 2.21. The van der Waals surface area contributed by atoms with Gasteiger partial charge < -0.3 is 5.32 Å². The molecule has 2 heterocycles. The van der Waals surface area contributed by atoms with Crippen LogP contribution in [0.2, 0.25) is 5.15 Å². The smallest absolute Gasteiger partial charge is 0.131 e. The number of aromatic nitrogens is 1. The molecule has 0 fully saturated rings. The fourth-order valence-corrected chi connectivity index (χ4v) is 2.71. The first-order valence-electron chi connectivity index (χ1n) is 4.32. The number of rotatable bonds is 3. The minimum Gasteiger partial charge on any atom is -0.380 e. The number of nitrogens with zero attached hydrogens (tertiary/aromatic N) is 1. The summed E-state index contributed by atoms with van der Waals surface area (Å²) in [5.41, 5.74) is 0.986. The maximum absolute atomic E-state index is 5.77. The van der Waals surface area contributed by atoms with E-state index in [-0.39, 0.29) is 0 Å². The summed E-state index contributed by atoms with van der Waals surface area (Å²) in [4.78, 5) is 5.19. The van der Waals surface area contributed by atoms with Crippen LogP contribution in [-0.2, 0) is 6.54 Å². The van der Waals surface area contributed by atoms with E-state index in [0.717, 1.165) is 16.7 Å². The first kappa shape index (κ1) is 10.9. The van der Waals surface area contributed by atoms with Crippen LogP contribution >= 0.6 is 38.9 Å². The Bertz CT molecular complexity index is 458. The lowest BCUT2D eigenvalue weighted by atomic mass is 10.4. The lowest BCUT2D eigenvalue weighted by Crippen LogP contribution is -1.97. The van der Waals surface area contributed by atoms with Gasteiger partial charge in [-0.05, 0) is 34.1 Å². The van der Waals surface area contributed by atoms with Gasteiger partial charge in [-0.15, -0.1) is 11.3 Å². The number of nitrogens with one attached hydrogen (secondary N) is 1. The minimum atomic E-state index is 0.507. The second-order valence-electron chi connectivity index (χ2n) is 2.95. The Morgan fingerprint density at radius 3 is 3.00 bits per heavy atom. The van der Waals surface area contributed by atoms with Crippen LogP contribution in [-0.4, -0.2) is 4.98 Å². The van der Waals surface area contributed by atoms with Crippen molar-refractivity contribution in [2.45, 2.75) is 6.54 Å². The van der Waals surface area contributed by atoms with E-state index >= 15 is 0 Å². The lowest BCUT2D eigenvalue weighted by molar-refractivity contribution is 1.18. The van der Waals surface area contributed by atoms with Crippen molar-refractivity contribution in [1.82, 2.24) is 4.98 Å². The van der Waals surface area contributed by atoms with Crippen LogP contribution in [0.25, 0.3) is 0 Å². The van der Waals surface area contributed by atoms with E-state index in [9.17, 15) is 0 Å². The third-order valence-electron chi connectivity index (χ3n) is 1.82. The average molecular weight is 304 g/mol. The van der Waals surface area contributed by atoms with E-state index in [1.165, 1.54) is 4.88 Å². The van der Waals surface area contributed by atoms with E-state index in [4.69, 9.17) is 11.6 Å². The zero-order chi connectivity index (χ0) is 10.7. The Kier molecular flexibility index (Phi) is 3.61. The molecule has 0 aromatic carbocycles. The van der Waals surface area contributed by atoms with Gasteiger partial charge in [0.25, 0.3) is 0 Å². The standard InChI is InChI=1S/C10H8BrClN2S/c11-7-3-9(15-6-7)5-14-8-1-2-13-10(12)4-8/h1-4,6H,5H2,(H,13,14). The van der Waals surface area contributed by atoms with Crippen molar-refractivity contribution in [3.8, 4) is 0 Å². The SMILES string of the molecule is Clc1cc(NCc2cc(Br)cs2)ccn1. The van der Waals surface area contributed by atoms with Crippen molar-refractivity contribution in [3.63, 3.8) is 0 Å². The van der Waals surface area contributed by atoms with Gasteiger partial charge in [0, 0.05) is 33.2 Å². The molecule has 0 aliphatic rings. The van der Waals surface area contributed by atoms with Crippen LogP contribution in [0.3, 0.4) is 0 Å². The third-order valence-corrected chi connectivity index (χ3v) is 3.72. The zero-order valence-corrected chi connectivity index (χ0v) is 10.9. The van der Waals surface area contributed by atoms with Crippen molar-refractivity contribution in [2.75, 3.05) is 5.32 Å². The van der Waals surface area contributed by atoms with Crippen molar-refractivity contribution < 1.29 is 0 Å². The Morgan fingerprint density at radius 1 is 1.47 bits per heavy atom. The first-order chi connectivity index (χ1) is 7.24. The van der Waals surface area contributed by atoms with E-state index in [0.29, 0.717) is 5.15 Å². The molecule has 0 unspecified atom stereocenters. The predicted molar refractivity (Wildman–Crippen MR) is 68.6 cm³/mol. The van der Waals surface area contributed by atoms with Gasteiger partial charge in [-0.2, -0.15) is 0 Å². The third kappa shape index (κ3) is 3.19. The van der Waals surface area contributed by atoms with Gasteiger partial charge in [0.1, 0.15) is 5.15 Å². The number of pyridine rings is 1. The molecule has 0 amide bonds. The number of hydrogen-bond donors (Lipinski definition) is 1. The van der Waals surface area contributed by atoms with Gasteiger partial charge >= 0.3 is 0 Å². The maximum Gasteiger partial charge on any atom is 0.131 e. The summed E-state index contributed by atoms with van der Waals surface area (Å²) in [6.07, 6.45) is 1.69. The molecule has 5 heteroatoms. The van der Waals surface area contributed by atoms with Gasteiger partial charge in [-0.3, -0.25) is 0 Å². The fraction of sp³-hybridized carbons (Fsp3) is 0.100. The molecule has 2 nitrogen and oxygen atoms in total. The van der Waals surface area contributed by atoms with Crippen molar-refractivity contribution >= 4 is 44.6 Å². The van der Waals surface area contributed by atoms with Crippen LogP contribution in [0.1, 0.15) is 4.88 Å². The quantitative estimate of drug-likeness (QED) is 0.861. The molecule has 0 atom stereocenters. The van der Waals surface area contributed by atoms with Crippen LogP contribution in [0.4, 0.5) is 5.69 Å². The van der Waals surface area contributed by atoms with E-state index in [2.05, 4.69) is 37.7 Å². The van der Waals surface area contributed by atoms with Gasteiger partial charge in [-0.25, -0.2) is 4.98 Å². The molecule has 1 N–H and O–H groups in total. The monoisotopic (exact) mass is 302 g/mol. The number of halogens is 2. The molecule has 0 radical (unpaired) electrons. The second-order valence-corrected chi connectivity index (χ2v) is 5.25. The van der Waals surface area contributed by atoms with E-state index in [1.54, 1.807) is 17.5 Å². The predicted octanol–water partition coefficient (Wildman–Crippen LogP) is 4.17. The Hall–Kier alpha value is -0.580. The molecule has 0 saturated heterocycles. The molecule has 0 bridgehead atoms. The Balaban J connectivity index is 1.99. The summed E-state index contributed by atoms with van der Waals surface area (Å²) in [5, 5.41) is 5.85. The molecule has 0 aliphatic heterocycles. The van der Waals surface area contributed by atoms with E-state index < -0.39 is 0 Å². The molecule has 15 heavy (non-hydrogen) atoms. The lowest BCUT2D eigenvalue weighted by Gasteiger charge is -2.03. The molecule has 2 rings (SSSR count). The first-order valence-corrected chi connectivity index (χ1v) is 6.37. The summed E-state index contributed by atoms with van der Waals surface area (Å²) in [7, 11) is 0. The molecule has 0 aliphatic carbocycles. The average Bonchev–Trinajstić information content (AvgIpc) is 2.62. The Morgan fingerprint density at radius 2 is 2.33 bits per heavy atom. The molecular formula is C10H8BrClN2S. The fourth-order valence-electron chi connectivity index (χ4n) is 1.15. The highest BCUT2D eigenvalue weighted by molar-refractivity contribution is 9.10. The molecule has 2 aromatic rings. The zero-order valence-electron chi connectivity index (χ0n) is 7.71. The van der Waals surface area contributed by atoms with Gasteiger partial charge in [0.15, 0.2) is 0 Å². The highest BCUT2D eigenvalue weighted by Gasteiger charge is 1.98. The summed E-state index contributed by atoms with van der Waals surface area (Å²) in [6, 6.07) is 5.80. The number of thiophene rings is 1. The second kappa shape index (κ2) is 4.96. The molecule has 0 spiro atoms. The van der Waals surface area contributed by atoms with E-state index in [1.807, 2.05) is 12.1 Å². The highest BCUT2D eigenvalue weighted by atomic mass is 79.9. The summed E-state index contributed by atoms with van der Waals surface area (Å²) < 4.78 is 1.12. The molecule has 2 aromatic heterocycles. The molecule has 78 valence electrons.